The Bertz CT molecular complexity index is 169. The molecular formula is C8H14O5. The molecule has 0 fully saturated rings. The van der Waals surface area contributed by atoms with Gasteiger partial charge in [-0.1, -0.05) is 0 Å². The largest absolute Gasteiger partial charge is 0.467 e. The maximum atomic E-state index is 10.9. The van der Waals surface area contributed by atoms with Crippen LogP contribution in [0.15, 0.2) is 0 Å². The molecule has 0 radical (unpaired) electrons. The van der Waals surface area contributed by atoms with Gasteiger partial charge in [-0.3, -0.25) is 0 Å². The molecule has 0 rings (SSSR count). The highest BCUT2D eigenvalue weighted by molar-refractivity contribution is 5.76. The molecule has 5 heteroatoms. The van der Waals surface area contributed by atoms with E-state index >= 15 is 0 Å². The van der Waals surface area contributed by atoms with E-state index in [9.17, 15) is 9.59 Å². The molecule has 0 saturated carbocycles. The zero-order valence-electron chi connectivity index (χ0n) is 8.20. The third-order valence-corrected chi connectivity index (χ3v) is 1.47. The summed E-state index contributed by atoms with van der Waals surface area (Å²) in [6.07, 6.45) is -1.53. The molecular weight excluding hydrogens is 176 g/mol. The van der Waals surface area contributed by atoms with Crippen LogP contribution in [0.3, 0.4) is 0 Å². The summed E-state index contributed by atoms with van der Waals surface area (Å²) >= 11 is 0. The lowest BCUT2D eigenvalue weighted by atomic mass is 10.3. The number of ether oxygens (including phenoxy) is 3. The minimum absolute atomic E-state index is 0.518. The fourth-order valence-electron chi connectivity index (χ4n) is 0.749. The third kappa shape index (κ3) is 3.89. The van der Waals surface area contributed by atoms with Gasteiger partial charge < -0.3 is 14.2 Å². The Kier molecular flexibility index (Phi) is 5.06. The summed E-state index contributed by atoms with van der Waals surface area (Å²) in [4.78, 5) is 21.7. The summed E-state index contributed by atoms with van der Waals surface area (Å²) in [6, 6.07) is 0. The Morgan fingerprint density at radius 2 is 1.23 bits per heavy atom. The van der Waals surface area contributed by atoms with Crippen LogP contribution in [0.2, 0.25) is 0 Å². The van der Waals surface area contributed by atoms with Crippen LogP contribution in [0.5, 0.6) is 0 Å². The number of rotatable bonds is 4. The van der Waals surface area contributed by atoms with E-state index < -0.39 is 24.1 Å². The van der Waals surface area contributed by atoms with Gasteiger partial charge in [0.25, 0.3) is 0 Å². The zero-order chi connectivity index (χ0) is 10.4. The molecule has 5 nitrogen and oxygen atoms in total. The van der Waals surface area contributed by atoms with Crippen molar-refractivity contribution in [3.8, 4) is 0 Å². The highest BCUT2D eigenvalue weighted by Gasteiger charge is 2.21. The second-order valence-electron chi connectivity index (χ2n) is 2.47. The standard InChI is InChI=1S/C8H14O5/c1-5(7(9)11-3)13-6(2)8(10)12-4/h5-6H,1-4H3. The number of methoxy groups -OCH3 is 2. The van der Waals surface area contributed by atoms with E-state index in [0.29, 0.717) is 0 Å². The monoisotopic (exact) mass is 190 g/mol. The molecule has 0 aromatic rings. The van der Waals surface area contributed by atoms with Gasteiger partial charge in [0.2, 0.25) is 0 Å². The van der Waals surface area contributed by atoms with Crippen molar-refractivity contribution in [2.24, 2.45) is 0 Å². The van der Waals surface area contributed by atoms with Crippen molar-refractivity contribution in [3.63, 3.8) is 0 Å². The van der Waals surface area contributed by atoms with Gasteiger partial charge >= 0.3 is 11.9 Å². The summed E-state index contributed by atoms with van der Waals surface area (Å²) in [6.45, 7) is 3.01. The van der Waals surface area contributed by atoms with E-state index in [-0.39, 0.29) is 0 Å². The molecule has 2 unspecified atom stereocenters. The Morgan fingerprint density at radius 3 is 1.46 bits per heavy atom. The first kappa shape index (κ1) is 11.9. The Hall–Kier alpha value is -1.10. The molecule has 0 aliphatic heterocycles. The van der Waals surface area contributed by atoms with Gasteiger partial charge in [0.05, 0.1) is 14.2 Å². The second-order valence-corrected chi connectivity index (χ2v) is 2.47. The summed E-state index contributed by atoms with van der Waals surface area (Å²) < 4.78 is 13.8. The molecule has 0 spiro atoms. The predicted octanol–water partition coefficient (Wildman–Crippen LogP) is 0.126. The van der Waals surface area contributed by atoms with Crippen molar-refractivity contribution >= 4 is 11.9 Å². The van der Waals surface area contributed by atoms with Crippen LogP contribution in [-0.4, -0.2) is 38.4 Å². The van der Waals surface area contributed by atoms with Crippen molar-refractivity contribution in [1.82, 2.24) is 0 Å². The lowest BCUT2D eigenvalue weighted by Gasteiger charge is -2.15. The van der Waals surface area contributed by atoms with Crippen LogP contribution in [0, 0.1) is 0 Å². The predicted molar refractivity (Wildman–Crippen MR) is 44.0 cm³/mol. The summed E-state index contributed by atoms with van der Waals surface area (Å²) in [5.74, 6) is -1.04. The van der Waals surface area contributed by atoms with E-state index in [1.54, 1.807) is 0 Å². The number of hydrogen-bond donors (Lipinski definition) is 0. The average Bonchev–Trinajstić information content (AvgIpc) is 2.14. The minimum Gasteiger partial charge on any atom is -0.467 e. The first-order valence-electron chi connectivity index (χ1n) is 3.84. The SMILES string of the molecule is COC(=O)C(C)OC(C)C(=O)OC. The fourth-order valence-corrected chi connectivity index (χ4v) is 0.749. The van der Waals surface area contributed by atoms with Gasteiger partial charge in [0.1, 0.15) is 0 Å². The summed E-state index contributed by atoms with van der Waals surface area (Å²) in [7, 11) is 2.51. The average molecular weight is 190 g/mol. The maximum absolute atomic E-state index is 10.9. The van der Waals surface area contributed by atoms with Crippen LogP contribution < -0.4 is 0 Å². The molecule has 13 heavy (non-hydrogen) atoms. The van der Waals surface area contributed by atoms with Gasteiger partial charge in [-0.05, 0) is 13.8 Å². The van der Waals surface area contributed by atoms with Crippen LogP contribution in [0.1, 0.15) is 13.8 Å². The van der Waals surface area contributed by atoms with Crippen molar-refractivity contribution in [3.05, 3.63) is 0 Å². The number of esters is 2. The van der Waals surface area contributed by atoms with Gasteiger partial charge in [-0.15, -0.1) is 0 Å². The quantitative estimate of drug-likeness (QED) is 0.589. The van der Waals surface area contributed by atoms with Crippen molar-refractivity contribution in [2.45, 2.75) is 26.1 Å². The molecule has 0 N–H and O–H groups in total. The van der Waals surface area contributed by atoms with Crippen LogP contribution >= 0.6 is 0 Å². The molecule has 0 bridgehead atoms. The molecule has 0 saturated heterocycles. The molecule has 0 amide bonds. The minimum atomic E-state index is -0.765. The molecule has 0 aromatic carbocycles. The second kappa shape index (κ2) is 5.53. The molecule has 0 heterocycles. The zero-order valence-corrected chi connectivity index (χ0v) is 8.20. The Morgan fingerprint density at radius 1 is 0.923 bits per heavy atom. The van der Waals surface area contributed by atoms with Gasteiger partial charge in [-0.25, -0.2) is 9.59 Å². The third-order valence-electron chi connectivity index (χ3n) is 1.47. The summed E-state index contributed by atoms with van der Waals surface area (Å²) in [5, 5.41) is 0. The van der Waals surface area contributed by atoms with E-state index in [1.807, 2.05) is 0 Å². The highest BCUT2D eigenvalue weighted by atomic mass is 16.6. The Labute approximate surface area is 77.0 Å². The smallest absolute Gasteiger partial charge is 0.334 e. The summed E-state index contributed by atoms with van der Waals surface area (Å²) in [5.41, 5.74) is 0. The lowest BCUT2D eigenvalue weighted by Crippen LogP contribution is -2.31. The molecule has 0 aromatic heterocycles. The van der Waals surface area contributed by atoms with Crippen LogP contribution in [0.4, 0.5) is 0 Å². The number of hydrogen-bond acceptors (Lipinski definition) is 5. The molecule has 0 aliphatic rings. The maximum Gasteiger partial charge on any atom is 0.334 e. The number of carbonyl (C=O) groups is 2. The fraction of sp³-hybridized carbons (Fsp3) is 0.750. The molecule has 76 valence electrons. The van der Waals surface area contributed by atoms with Crippen molar-refractivity contribution < 1.29 is 23.8 Å². The highest BCUT2D eigenvalue weighted by Crippen LogP contribution is 2.01. The van der Waals surface area contributed by atoms with E-state index in [4.69, 9.17) is 4.74 Å². The lowest BCUT2D eigenvalue weighted by molar-refractivity contribution is -0.166. The van der Waals surface area contributed by atoms with Crippen LogP contribution in [0.25, 0.3) is 0 Å². The Balaban J connectivity index is 3.98. The van der Waals surface area contributed by atoms with E-state index in [1.165, 1.54) is 28.1 Å². The topological polar surface area (TPSA) is 61.8 Å². The van der Waals surface area contributed by atoms with Gasteiger partial charge in [0.15, 0.2) is 12.2 Å². The molecule has 2 atom stereocenters. The van der Waals surface area contributed by atoms with E-state index in [0.717, 1.165) is 0 Å². The van der Waals surface area contributed by atoms with E-state index in [2.05, 4.69) is 9.47 Å². The van der Waals surface area contributed by atoms with Crippen molar-refractivity contribution in [1.29, 1.82) is 0 Å². The van der Waals surface area contributed by atoms with Gasteiger partial charge in [0, 0.05) is 0 Å². The van der Waals surface area contributed by atoms with Crippen LogP contribution in [-0.2, 0) is 23.8 Å². The number of carbonyl (C=O) groups excluding carboxylic acids is 2. The molecule has 0 aliphatic carbocycles. The van der Waals surface area contributed by atoms with Gasteiger partial charge in [-0.2, -0.15) is 0 Å². The normalized spacial score (nSPS) is 14.5. The van der Waals surface area contributed by atoms with Crippen molar-refractivity contribution in [2.75, 3.05) is 14.2 Å². The first-order valence-corrected chi connectivity index (χ1v) is 3.84. The first-order chi connectivity index (χ1) is 6.02.